The third-order valence-corrected chi connectivity index (χ3v) is 7.97. The third-order valence-electron chi connectivity index (χ3n) is 7.97. The molecule has 0 bridgehead atoms. The predicted molar refractivity (Wildman–Crippen MR) is 148 cm³/mol. The Balaban J connectivity index is 1.39. The molecular formula is C30H39N5O4. The Hall–Kier alpha value is -3.13. The summed E-state index contributed by atoms with van der Waals surface area (Å²) in [6.07, 6.45) is 14.4. The van der Waals surface area contributed by atoms with Gasteiger partial charge in [0.25, 0.3) is 0 Å². The van der Waals surface area contributed by atoms with Crippen LogP contribution in [0.1, 0.15) is 52.9 Å². The first-order valence-corrected chi connectivity index (χ1v) is 14.0. The van der Waals surface area contributed by atoms with Crippen LogP contribution < -0.4 is 5.32 Å². The molecule has 4 atom stereocenters. The molecule has 9 nitrogen and oxygen atoms in total. The standard InChI is InChI=1S/C30H39N5O4/c1-29(2,3)23(14-20-15-24(21-9-10-21)34-32-17-20)28(38)35-18-22(36)16-25(35)27(37)33-30(11-13-39-19-30)26-8-6-4-5-7-12-31-26/h5-7,12,14-15,21-23,25,36H,4,9-11,13,16-19H2,1-3H3,(H,33,37)/b7-5-,20-14+,31-12?. The molecule has 4 unspecified atom stereocenters. The molecule has 0 aromatic rings. The molecule has 0 spiro atoms. The van der Waals surface area contributed by atoms with Gasteiger partial charge in [-0.25, -0.2) is 0 Å². The van der Waals surface area contributed by atoms with E-state index in [1.807, 2.05) is 45.1 Å². The van der Waals surface area contributed by atoms with Crippen molar-refractivity contribution in [1.82, 2.24) is 10.2 Å². The fraction of sp³-hybridized carbons (Fsp3) is 0.600. The Morgan fingerprint density at radius 1 is 1.33 bits per heavy atom. The van der Waals surface area contributed by atoms with Gasteiger partial charge in [0.1, 0.15) is 17.3 Å². The topological polar surface area (TPSA) is 116 Å². The highest BCUT2D eigenvalue weighted by atomic mass is 16.5. The van der Waals surface area contributed by atoms with E-state index in [1.165, 1.54) is 0 Å². The van der Waals surface area contributed by atoms with Gasteiger partial charge in [0.05, 0.1) is 30.9 Å². The van der Waals surface area contributed by atoms with Gasteiger partial charge < -0.3 is 20.1 Å². The van der Waals surface area contributed by atoms with Crippen molar-refractivity contribution < 1.29 is 19.4 Å². The number of aliphatic hydroxyl groups is 1. The number of amides is 2. The van der Waals surface area contributed by atoms with Crippen molar-refractivity contribution in [2.45, 2.75) is 70.6 Å². The smallest absolute Gasteiger partial charge is 0.243 e. The van der Waals surface area contributed by atoms with Crippen LogP contribution in [0.25, 0.3) is 0 Å². The second kappa shape index (κ2) is 11.2. The van der Waals surface area contributed by atoms with Crippen molar-refractivity contribution in [3.8, 4) is 0 Å². The van der Waals surface area contributed by atoms with Gasteiger partial charge in [0.2, 0.25) is 11.8 Å². The quantitative estimate of drug-likeness (QED) is 0.507. The van der Waals surface area contributed by atoms with Crippen molar-refractivity contribution >= 4 is 18.0 Å². The second-order valence-electron chi connectivity index (χ2n) is 12.2. The maximum absolute atomic E-state index is 14.1. The number of ether oxygens (including phenoxy) is 1. The lowest BCUT2D eigenvalue weighted by atomic mass is 9.78. The van der Waals surface area contributed by atoms with E-state index in [-0.39, 0.29) is 31.4 Å². The molecule has 2 saturated heterocycles. The average molecular weight is 534 g/mol. The van der Waals surface area contributed by atoms with E-state index in [0.29, 0.717) is 31.2 Å². The minimum Gasteiger partial charge on any atom is -0.391 e. The highest BCUT2D eigenvalue weighted by molar-refractivity contribution is 5.91. The molecular weight excluding hydrogens is 494 g/mol. The molecule has 0 aromatic carbocycles. The van der Waals surface area contributed by atoms with Crippen LogP contribution in [0.4, 0.5) is 0 Å². The minimum absolute atomic E-state index is 0.116. The lowest BCUT2D eigenvalue weighted by Crippen LogP contribution is -2.57. The zero-order chi connectivity index (χ0) is 27.6. The lowest BCUT2D eigenvalue weighted by Gasteiger charge is -2.35. The molecule has 2 N–H and O–H groups in total. The number of carbonyl (C=O) groups excluding carboxylic acids is 2. The number of azo groups is 1. The highest BCUT2D eigenvalue weighted by Crippen LogP contribution is 2.40. The SMILES string of the molecule is CC(C)(C)C(/C=C1\C=C(C2CC2)N=NC1)C(=O)N1CC(O)CC1C(=O)NC1(C2=C=CC/C=C\C=N2)CCOC1. The first-order chi connectivity index (χ1) is 18.7. The maximum atomic E-state index is 14.1. The van der Waals surface area contributed by atoms with E-state index in [1.54, 1.807) is 11.1 Å². The highest BCUT2D eigenvalue weighted by Gasteiger charge is 2.47. The molecule has 4 aliphatic heterocycles. The minimum atomic E-state index is -0.833. The monoisotopic (exact) mass is 533 g/mol. The lowest BCUT2D eigenvalue weighted by molar-refractivity contribution is -0.143. The van der Waals surface area contributed by atoms with Gasteiger partial charge in [0, 0.05) is 38.1 Å². The van der Waals surface area contributed by atoms with Gasteiger partial charge in [0.15, 0.2) is 0 Å². The summed E-state index contributed by atoms with van der Waals surface area (Å²) in [5.41, 5.74) is 4.56. The largest absolute Gasteiger partial charge is 0.391 e. The summed E-state index contributed by atoms with van der Waals surface area (Å²) in [4.78, 5) is 34.0. The van der Waals surface area contributed by atoms with Crippen LogP contribution in [0, 0.1) is 17.3 Å². The molecule has 4 heterocycles. The first-order valence-electron chi connectivity index (χ1n) is 14.0. The van der Waals surface area contributed by atoms with Crippen LogP contribution in [0.3, 0.4) is 0 Å². The van der Waals surface area contributed by atoms with E-state index in [4.69, 9.17) is 4.74 Å². The number of allylic oxidation sites excluding steroid dienone is 3. The Morgan fingerprint density at radius 2 is 2.15 bits per heavy atom. The number of nitrogens with one attached hydrogen (secondary N) is 1. The number of likely N-dealkylation sites (tertiary alicyclic amines) is 1. The van der Waals surface area contributed by atoms with Crippen LogP contribution in [0.15, 0.2) is 68.3 Å². The molecule has 9 heteroatoms. The number of nitrogens with zero attached hydrogens (tertiary/aromatic N) is 4. The van der Waals surface area contributed by atoms with Gasteiger partial charge in [-0.3, -0.25) is 14.6 Å². The number of carbonyl (C=O) groups is 2. The zero-order valence-electron chi connectivity index (χ0n) is 23.1. The fourth-order valence-corrected chi connectivity index (χ4v) is 5.54. The van der Waals surface area contributed by atoms with Gasteiger partial charge in [-0.1, -0.05) is 38.7 Å². The van der Waals surface area contributed by atoms with Crippen molar-refractivity contribution in [2.24, 2.45) is 32.5 Å². The van der Waals surface area contributed by atoms with Crippen LogP contribution in [0.5, 0.6) is 0 Å². The van der Waals surface area contributed by atoms with E-state index < -0.39 is 29.0 Å². The number of aliphatic hydroxyl groups excluding tert-OH is 1. The average Bonchev–Trinajstić information content (AvgIpc) is 3.49. The van der Waals surface area contributed by atoms with Crippen LogP contribution in [-0.2, 0) is 14.3 Å². The molecule has 0 radical (unpaired) electrons. The van der Waals surface area contributed by atoms with Crippen LogP contribution >= 0.6 is 0 Å². The Morgan fingerprint density at radius 3 is 2.87 bits per heavy atom. The van der Waals surface area contributed by atoms with Crippen molar-refractivity contribution in [3.63, 3.8) is 0 Å². The van der Waals surface area contributed by atoms with E-state index in [9.17, 15) is 14.7 Å². The van der Waals surface area contributed by atoms with E-state index in [2.05, 4.69) is 32.3 Å². The number of rotatable bonds is 6. The van der Waals surface area contributed by atoms with Gasteiger partial charge >= 0.3 is 0 Å². The van der Waals surface area contributed by atoms with E-state index in [0.717, 1.165) is 30.5 Å². The molecule has 2 amide bonds. The van der Waals surface area contributed by atoms with Crippen molar-refractivity contribution in [3.05, 3.63) is 53.1 Å². The van der Waals surface area contributed by atoms with Gasteiger partial charge in [-0.15, -0.1) is 0 Å². The third kappa shape index (κ3) is 6.21. The molecule has 5 rings (SSSR count). The molecule has 0 aromatic heterocycles. The van der Waals surface area contributed by atoms with Crippen molar-refractivity contribution in [2.75, 3.05) is 26.3 Å². The molecule has 5 aliphatic rings. The predicted octanol–water partition coefficient (Wildman–Crippen LogP) is 3.64. The van der Waals surface area contributed by atoms with Crippen molar-refractivity contribution in [1.29, 1.82) is 0 Å². The summed E-state index contributed by atoms with van der Waals surface area (Å²) >= 11 is 0. The fourth-order valence-electron chi connectivity index (χ4n) is 5.54. The molecule has 1 aliphatic carbocycles. The molecule has 208 valence electrons. The molecule has 3 fully saturated rings. The van der Waals surface area contributed by atoms with Crippen LogP contribution in [-0.4, -0.2) is 72.0 Å². The number of hydrogen-bond donors (Lipinski definition) is 2. The van der Waals surface area contributed by atoms with Crippen LogP contribution in [0.2, 0.25) is 0 Å². The summed E-state index contributed by atoms with van der Waals surface area (Å²) in [7, 11) is 0. The first kappa shape index (κ1) is 27.4. The molecule has 39 heavy (non-hydrogen) atoms. The Labute approximate surface area is 230 Å². The Kier molecular flexibility index (Phi) is 7.85. The summed E-state index contributed by atoms with van der Waals surface area (Å²) in [5.74, 6) is -0.497. The Bertz CT molecular complexity index is 1200. The normalized spacial score (nSPS) is 31.5. The molecule has 1 saturated carbocycles. The summed E-state index contributed by atoms with van der Waals surface area (Å²) in [5, 5.41) is 22.4. The second-order valence-corrected chi connectivity index (χ2v) is 12.2. The maximum Gasteiger partial charge on any atom is 0.243 e. The van der Waals surface area contributed by atoms with Gasteiger partial charge in [-0.05, 0) is 48.5 Å². The summed E-state index contributed by atoms with van der Waals surface area (Å²) in [6, 6.07) is -0.793. The van der Waals surface area contributed by atoms with Gasteiger partial charge in [-0.2, -0.15) is 10.2 Å². The van der Waals surface area contributed by atoms with E-state index >= 15 is 0 Å². The summed E-state index contributed by atoms with van der Waals surface area (Å²) < 4.78 is 5.70. The number of hydrogen-bond acceptors (Lipinski definition) is 7. The summed E-state index contributed by atoms with van der Waals surface area (Å²) in [6.45, 7) is 7.38. The number of aliphatic imine (C=N–C) groups is 1. The number of β-amino-alcohol motifs (C(OH)–C–C–N with tert-alkyl or cyclic N) is 1. The zero-order valence-corrected chi connectivity index (χ0v) is 23.1.